The monoisotopic (exact) mass is 298 g/mol. The average Bonchev–Trinajstić information content (AvgIpc) is 2.40. The van der Waals surface area contributed by atoms with Gasteiger partial charge in [-0.2, -0.15) is 0 Å². The van der Waals surface area contributed by atoms with Crippen LogP contribution in [0.2, 0.25) is 0 Å². The number of nitrogens with one attached hydrogen (secondary N) is 1. The van der Waals surface area contributed by atoms with Crippen LogP contribution < -0.4 is 11.1 Å². The van der Waals surface area contributed by atoms with Crippen LogP contribution in [-0.2, 0) is 4.79 Å². The van der Waals surface area contributed by atoms with Gasteiger partial charge in [-0.25, -0.2) is 0 Å². The summed E-state index contributed by atoms with van der Waals surface area (Å²) in [5, 5.41) is 3.13. The van der Waals surface area contributed by atoms with Crippen molar-refractivity contribution in [3.63, 3.8) is 0 Å². The van der Waals surface area contributed by atoms with Gasteiger partial charge < -0.3 is 11.1 Å². The van der Waals surface area contributed by atoms with Gasteiger partial charge in [0.1, 0.15) is 0 Å². The smallest absolute Gasteiger partial charge is 0.228 e. The van der Waals surface area contributed by atoms with Crippen LogP contribution in [0.25, 0.3) is 0 Å². The van der Waals surface area contributed by atoms with E-state index in [2.05, 4.69) is 19.2 Å². The predicted molar refractivity (Wildman–Crippen MR) is 87.2 cm³/mol. The molecular formula is C16H27ClN2O. The number of hydrogen-bond acceptors (Lipinski definition) is 2. The molecule has 0 fully saturated rings. The Hall–Kier alpha value is -1.06. The van der Waals surface area contributed by atoms with Crippen LogP contribution in [0.15, 0.2) is 30.3 Å². The van der Waals surface area contributed by atoms with Gasteiger partial charge in [-0.05, 0) is 24.8 Å². The van der Waals surface area contributed by atoms with E-state index in [4.69, 9.17) is 5.73 Å². The van der Waals surface area contributed by atoms with E-state index in [9.17, 15) is 4.79 Å². The topological polar surface area (TPSA) is 55.1 Å². The number of amides is 1. The molecule has 0 saturated carbocycles. The fraction of sp³-hybridized carbons (Fsp3) is 0.562. The zero-order chi connectivity index (χ0) is 14.5. The molecule has 1 amide bonds. The average molecular weight is 299 g/mol. The zero-order valence-electron chi connectivity index (χ0n) is 12.8. The van der Waals surface area contributed by atoms with Crippen molar-refractivity contribution in [3.05, 3.63) is 35.9 Å². The Morgan fingerprint density at radius 3 is 2.25 bits per heavy atom. The second kappa shape index (κ2) is 8.28. The molecule has 3 N–H and O–H groups in total. The maximum Gasteiger partial charge on any atom is 0.228 e. The summed E-state index contributed by atoms with van der Waals surface area (Å²) in [6.45, 7) is 8.65. The molecule has 0 aliphatic carbocycles. The summed E-state index contributed by atoms with van der Waals surface area (Å²) >= 11 is 0. The third-order valence-electron chi connectivity index (χ3n) is 4.03. The maximum atomic E-state index is 12.5. The van der Waals surface area contributed by atoms with Gasteiger partial charge in [0, 0.05) is 6.54 Å². The van der Waals surface area contributed by atoms with Crippen molar-refractivity contribution >= 4 is 18.3 Å². The summed E-state index contributed by atoms with van der Waals surface area (Å²) in [5.74, 6) is 0.260. The molecule has 0 heterocycles. The van der Waals surface area contributed by atoms with Crippen LogP contribution in [0.1, 0.15) is 45.6 Å². The number of halogens is 1. The summed E-state index contributed by atoms with van der Waals surface area (Å²) in [6.07, 6.45) is 0.786. The molecule has 1 aromatic rings. The molecule has 2 atom stereocenters. The van der Waals surface area contributed by atoms with Gasteiger partial charge in [-0.1, -0.05) is 51.1 Å². The molecule has 0 radical (unpaired) electrons. The summed E-state index contributed by atoms with van der Waals surface area (Å²) < 4.78 is 0. The standard InChI is InChI=1S/C16H26N2O.ClH/c1-5-14(13-9-7-6-8-10-13)15(19)18-16(4,11-17)12(2)3;/h6-10,12,14H,5,11,17H2,1-4H3,(H,18,19);1H. The predicted octanol–water partition coefficient (Wildman–Crippen LogP) is 3.09. The van der Waals surface area contributed by atoms with Crippen LogP contribution >= 0.6 is 12.4 Å². The molecule has 0 aromatic heterocycles. The number of benzene rings is 1. The molecule has 2 unspecified atom stereocenters. The van der Waals surface area contributed by atoms with Crippen LogP contribution in [0.3, 0.4) is 0 Å². The van der Waals surface area contributed by atoms with Crippen LogP contribution in [0.4, 0.5) is 0 Å². The molecule has 1 aromatic carbocycles. The van der Waals surface area contributed by atoms with Crippen molar-refractivity contribution in [2.24, 2.45) is 11.7 Å². The van der Waals surface area contributed by atoms with Crippen LogP contribution in [-0.4, -0.2) is 18.0 Å². The van der Waals surface area contributed by atoms with Crippen molar-refractivity contribution < 1.29 is 4.79 Å². The lowest BCUT2D eigenvalue weighted by Crippen LogP contribution is -2.56. The summed E-state index contributed by atoms with van der Waals surface area (Å²) in [7, 11) is 0. The minimum atomic E-state index is -0.348. The second-order valence-electron chi connectivity index (χ2n) is 5.64. The van der Waals surface area contributed by atoms with Gasteiger partial charge in [-0.3, -0.25) is 4.79 Å². The van der Waals surface area contributed by atoms with Crippen molar-refractivity contribution in [3.8, 4) is 0 Å². The first-order valence-corrected chi connectivity index (χ1v) is 7.01. The van der Waals surface area contributed by atoms with Crippen molar-refractivity contribution in [1.82, 2.24) is 5.32 Å². The van der Waals surface area contributed by atoms with Gasteiger partial charge in [-0.15, -0.1) is 12.4 Å². The van der Waals surface area contributed by atoms with E-state index in [1.54, 1.807) is 0 Å². The Balaban J connectivity index is 0.00000361. The van der Waals surface area contributed by atoms with Gasteiger partial charge in [0.15, 0.2) is 0 Å². The van der Waals surface area contributed by atoms with Crippen LogP contribution in [0.5, 0.6) is 0 Å². The van der Waals surface area contributed by atoms with E-state index >= 15 is 0 Å². The fourth-order valence-corrected chi connectivity index (χ4v) is 2.06. The molecule has 20 heavy (non-hydrogen) atoms. The summed E-state index contributed by atoms with van der Waals surface area (Å²) in [4.78, 5) is 12.5. The highest BCUT2D eigenvalue weighted by Gasteiger charge is 2.31. The molecule has 0 saturated heterocycles. The van der Waals surface area contributed by atoms with Crippen molar-refractivity contribution in [2.75, 3.05) is 6.54 Å². The minimum Gasteiger partial charge on any atom is -0.349 e. The van der Waals surface area contributed by atoms with Crippen LogP contribution in [0, 0.1) is 5.92 Å². The quantitative estimate of drug-likeness (QED) is 0.848. The minimum absolute atomic E-state index is 0. The first-order valence-electron chi connectivity index (χ1n) is 7.01. The highest BCUT2D eigenvalue weighted by Crippen LogP contribution is 2.22. The Morgan fingerprint density at radius 1 is 1.30 bits per heavy atom. The van der Waals surface area contributed by atoms with E-state index in [0.29, 0.717) is 12.5 Å². The molecule has 0 aliphatic rings. The lowest BCUT2D eigenvalue weighted by atomic mass is 9.86. The zero-order valence-corrected chi connectivity index (χ0v) is 13.7. The van der Waals surface area contributed by atoms with E-state index in [1.165, 1.54) is 0 Å². The number of carbonyl (C=O) groups is 1. The van der Waals surface area contributed by atoms with E-state index in [0.717, 1.165) is 12.0 Å². The molecule has 1 rings (SSSR count). The SMILES string of the molecule is CCC(C(=O)NC(C)(CN)C(C)C)c1ccccc1.Cl. The molecule has 4 heteroatoms. The van der Waals surface area contributed by atoms with Crippen molar-refractivity contribution in [1.29, 1.82) is 0 Å². The van der Waals surface area contributed by atoms with Gasteiger partial charge in [0.2, 0.25) is 5.91 Å². The molecule has 0 aliphatic heterocycles. The summed E-state index contributed by atoms with van der Waals surface area (Å²) in [5.41, 5.74) is 6.53. The highest BCUT2D eigenvalue weighted by molar-refractivity contribution is 5.85. The van der Waals surface area contributed by atoms with E-state index < -0.39 is 0 Å². The molecule has 114 valence electrons. The lowest BCUT2D eigenvalue weighted by molar-refractivity contribution is -0.124. The second-order valence-corrected chi connectivity index (χ2v) is 5.64. The first-order chi connectivity index (χ1) is 8.94. The largest absolute Gasteiger partial charge is 0.349 e. The molecule has 0 spiro atoms. The molecule has 3 nitrogen and oxygen atoms in total. The Morgan fingerprint density at radius 2 is 1.85 bits per heavy atom. The lowest BCUT2D eigenvalue weighted by Gasteiger charge is -2.35. The van der Waals surface area contributed by atoms with Gasteiger partial charge in [0.05, 0.1) is 11.5 Å². The molecule has 0 bridgehead atoms. The first kappa shape index (κ1) is 18.9. The summed E-state index contributed by atoms with van der Waals surface area (Å²) in [6, 6.07) is 9.91. The number of nitrogens with two attached hydrogens (primary N) is 1. The fourth-order valence-electron chi connectivity index (χ4n) is 2.06. The maximum absolute atomic E-state index is 12.5. The normalized spacial score (nSPS) is 15.1. The van der Waals surface area contributed by atoms with Crippen molar-refractivity contribution in [2.45, 2.75) is 45.6 Å². The van der Waals surface area contributed by atoms with E-state index in [1.807, 2.05) is 44.2 Å². The van der Waals surface area contributed by atoms with Gasteiger partial charge in [0.25, 0.3) is 0 Å². The number of carbonyl (C=O) groups excluding carboxylic acids is 1. The third kappa shape index (κ3) is 4.50. The van der Waals surface area contributed by atoms with E-state index in [-0.39, 0.29) is 29.8 Å². The Kier molecular flexibility index (Phi) is 7.84. The number of rotatable bonds is 6. The Labute approximate surface area is 128 Å². The number of hydrogen-bond donors (Lipinski definition) is 2. The third-order valence-corrected chi connectivity index (χ3v) is 4.03. The highest BCUT2D eigenvalue weighted by atomic mass is 35.5. The molecular weight excluding hydrogens is 272 g/mol. The van der Waals surface area contributed by atoms with Gasteiger partial charge >= 0.3 is 0 Å². The Bertz CT molecular complexity index is 408.